The first kappa shape index (κ1) is 23.2. The van der Waals surface area contributed by atoms with Crippen molar-refractivity contribution >= 4 is 11.9 Å². The number of unbranched alkanes of at least 4 members (excludes halogenated alkanes) is 5. The molecule has 0 saturated carbocycles. The van der Waals surface area contributed by atoms with Crippen molar-refractivity contribution in [2.45, 2.75) is 71.1 Å². The molecule has 0 unspecified atom stereocenters. The Labute approximate surface area is 153 Å². The van der Waals surface area contributed by atoms with Gasteiger partial charge < -0.3 is 10.0 Å². The van der Waals surface area contributed by atoms with Crippen molar-refractivity contribution in [1.82, 2.24) is 4.90 Å². The average Bonchev–Trinajstić information content (AvgIpc) is 2.57. The van der Waals surface area contributed by atoms with Crippen LogP contribution in [0.25, 0.3) is 0 Å². The number of nitrogens with zero attached hydrogens (tertiary/aromatic N) is 1. The number of carbonyl (C=O) groups is 2. The Balaban J connectivity index is 3.44. The van der Waals surface area contributed by atoms with Crippen LogP contribution in [-0.4, -0.2) is 35.5 Å². The predicted octanol–water partition coefficient (Wildman–Crippen LogP) is 5.12. The zero-order valence-electron chi connectivity index (χ0n) is 16.0. The molecule has 0 aliphatic heterocycles. The van der Waals surface area contributed by atoms with Crippen LogP contribution < -0.4 is 0 Å². The Kier molecular flexibility index (Phi) is 15.7. The molecule has 0 aliphatic carbocycles. The first-order valence-corrected chi connectivity index (χ1v) is 9.48. The predicted molar refractivity (Wildman–Crippen MR) is 105 cm³/mol. The maximum Gasteiger partial charge on any atom is 0.323 e. The maximum absolute atomic E-state index is 11.7. The van der Waals surface area contributed by atoms with Gasteiger partial charge >= 0.3 is 5.97 Å². The van der Waals surface area contributed by atoms with Crippen LogP contribution in [0.2, 0.25) is 0 Å². The molecule has 0 aromatic heterocycles. The standard InChI is InChI=1S/C21H35NO3/c1-3-4-5-6-7-8-9-10-11-12-13-14-15-16-17-18-20(23)22(2)19-21(24)25/h4-5,7-8,10-11H,3,6,9,12-19H2,1-2H3,(H,24,25). The van der Waals surface area contributed by atoms with E-state index < -0.39 is 5.97 Å². The van der Waals surface area contributed by atoms with Gasteiger partial charge in [-0.05, 0) is 38.5 Å². The molecule has 25 heavy (non-hydrogen) atoms. The Morgan fingerprint density at radius 1 is 0.840 bits per heavy atom. The molecular formula is C21H35NO3. The molecule has 0 saturated heterocycles. The van der Waals surface area contributed by atoms with Gasteiger partial charge in [-0.3, -0.25) is 9.59 Å². The van der Waals surface area contributed by atoms with Gasteiger partial charge in [-0.2, -0.15) is 0 Å². The molecule has 0 radical (unpaired) electrons. The number of carboxylic acid groups (broad SMARTS) is 1. The third-order valence-electron chi connectivity index (χ3n) is 3.84. The number of amides is 1. The lowest BCUT2D eigenvalue weighted by Gasteiger charge is -2.14. The Morgan fingerprint density at radius 2 is 1.40 bits per heavy atom. The van der Waals surface area contributed by atoms with E-state index in [4.69, 9.17) is 5.11 Å². The molecule has 0 heterocycles. The van der Waals surface area contributed by atoms with Crippen molar-refractivity contribution in [1.29, 1.82) is 0 Å². The van der Waals surface area contributed by atoms with Gasteiger partial charge in [-0.1, -0.05) is 62.6 Å². The third kappa shape index (κ3) is 16.8. The van der Waals surface area contributed by atoms with Gasteiger partial charge in [-0.15, -0.1) is 0 Å². The molecule has 0 rings (SSSR count). The fourth-order valence-corrected chi connectivity index (χ4v) is 2.38. The lowest BCUT2D eigenvalue weighted by Crippen LogP contribution is -2.31. The van der Waals surface area contributed by atoms with Crippen molar-refractivity contribution < 1.29 is 14.7 Å². The van der Waals surface area contributed by atoms with Crippen molar-refractivity contribution in [3.63, 3.8) is 0 Å². The minimum absolute atomic E-state index is 0.0800. The summed E-state index contributed by atoms with van der Waals surface area (Å²) in [5.74, 6) is -1.05. The van der Waals surface area contributed by atoms with Crippen LogP contribution in [0.4, 0.5) is 0 Å². The van der Waals surface area contributed by atoms with Gasteiger partial charge in [0.25, 0.3) is 0 Å². The number of carbonyl (C=O) groups excluding carboxylic acids is 1. The summed E-state index contributed by atoms with van der Waals surface area (Å²) in [6.45, 7) is 1.93. The molecule has 0 spiro atoms. The fourth-order valence-electron chi connectivity index (χ4n) is 2.38. The van der Waals surface area contributed by atoms with Gasteiger partial charge in [0.1, 0.15) is 6.54 Å². The molecule has 0 aliphatic rings. The van der Waals surface area contributed by atoms with Gasteiger partial charge in [0, 0.05) is 13.5 Å². The molecule has 4 nitrogen and oxygen atoms in total. The topological polar surface area (TPSA) is 57.6 Å². The van der Waals surface area contributed by atoms with E-state index in [1.165, 1.54) is 17.7 Å². The van der Waals surface area contributed by atoms with Crippen LogP contribution in [-0.2, 0) is 9.59 Å². The van der Waals surface area contributed by atoms with E-state index in [1.807, 2.05) is 0 Å². The monoisotopic (exact) mass is 349 g/mol. The summed E-state index contributed by atoms with van der Waals surface area (Å²) in [4.78, 5) is 23.5. The second-order valence-electron chi connectivity index (χ2n) is 6.24. The molecule has 0 atom stereocenters. The quantitative estimate of drug-likeness (QED) is 0.330. The lowest BCUT2D eigenvalue weighted by molar-refractivity contribution is -0.143. The van der Waals surface area contributed by atoms with Crippen LogP contribution >= 0.6 is 0 Å². The minimum atomic E-state index is -0.965. The van der Waals surface area contributed by atoms with Crippen molar-refractivity contribution in [2.24, 2.45) is 0 Å². The van der Waals surface area contributed by atoms with E-state index in [0.717, 1.165) is 44.9 Å². The summed E-state index contributed by atoms with van der Waals surface area (Å²) in [6, 6.07) is 0. The van der Waals surface area contributed by atoms with E-state index in [1.54, 1.807) is 7.05 Å². The van der Waals surface area contributed by atoms with Crippen LogP contribution in [0.1, 0.15) is 71.1 Å². The first-order chi connectivity index (χ1) is 12.1. The fraction of sp³-hybridized carbons (Fsp3) is 0.619. The highest BCUT2D eigenvalue weighted by Gasteiger charge is 2.10. The molecule has 4 heteroatoms. The minimum Gasteiger partial charge on any atom is -0.480 e. The number of hydrogen-bond acceptors (Lipinski definition) is 2. The van der Waals surface area contributed by atoms with Crippen molar-refractivity contribution in [3.05, 3.63) is 36.5 Å². The Hall–Kier alpha value is -1.84. The Morgan fingerprint density at radius 3 is 2.04 bits per heavy atom. The summed E-state index contributed by atoms with van der Waals surface area (Å²) in [5.41, 5.74) is 0. The van der Waals surface area contributed by atoms with Crippen LogP contribution in [0.15, 0.2) is 36.5 Å². The Bertz CT molecular complexity index is 438. The first-order valence-electron chi connectivity index (χ1n) is 9.48. The molecule has 1 amide bonds. The van der Waals surface area contributed by atoms with Gasteiger partial charge in [0.15, 0.2) is 0 Å². The largest absolute Gasteiger partial charge is 0.480 e. The third-order valence-corrected chi connectivity index (χ3v) is 3.84. The normalized spacial score (nSPS) is 11.8. The smallest absolute Gasteiger partial charge is 0.323 e. The maximum atomic E-state index is 11.7. The second kappa shape index (κ2) is 17.0. The van der Waals surface area contributed by atoms with Crippen LogP contribution in [0, 0.1) is 0 Å². The molecule has 1 N–H and O–H groups in total. The average molecular weight is 350 g/mol. The van der Waals surface area contributed by atoms with Crippen molar-refractivity contribution in [3.8, 4) is 0 Å². The van der Waals surface area contributed by atoms with E-state index in [-0.39, 0.29) is 12.5 Å². The van der Waals surface area contributed by atoms with Crippen molar-refractivity contribution in [2.75, 3.05) is 13.6 Å². The summed E-state index contributed by atoms with van der Waals surface area (Å²) < 4.78 is 0. The SMILES string of the molecule is CCC=CCC=CCC=CCCCCCCCC(=O)N(C)CC(=O)O. The van der Waals surface area contributed by atoms with Gasteiger partial charge in [0.2, 0.25) is 5.91 Å². The lowest BCUT2D eigenvalue weighted by atomic mass is 10.1. The molecule has 0 aromatic rings. The summed E-state index contributed by atoms with van der Waals surface area (Å²) in [5, 5.41) is 8.63. The molecule has 0 bridgehead atoms. The highest BCUT2D eigenvalue weighted by atomic mass is 16.4. The molecule has 0 fully saturated rings. The van der Waals surface area contributed by atoms with Gasteiger partial charge in [0.05, 0.1) is 0 Å². The summed E-state index contributed by atoms with van der Waals surface area (Å²) in [6.07, 6.45) is 23.3. The second-order valence-corrected chi connectivity index (χ2v) is 6.24. The van der Waals surface area contributed by atoms with E-state index in [9.17, 15) is 9.59 Å². The summed E-state index contributed by atoms with van der Waals surface area (Å²) in [7, 11) is 1.54. The number of hydrogen-bond donors (Lipinski definition) is 1. The summed E-state index contributed by atoms with van der Waals surface area (Å²) >= 11 is 0. The van der Waals surface area contributed by atoms with E-state index >= 15 is 0 Å². The number of likely N-dealkylation sites (N-methyl/N-ethyl adjacent to an activating group) is 1. The number of allylic oxidation sites excluding steroid dienone is 6. The van der Waals surface area contributed by atoms with E-state index in [0.29, 0.717) is 6.42 Å². The highest BCUT2D eigenvalue weighted by Crippen LogP contribution is 2.09. The van der Waals surface area contributed by atoms with Crippen LogP contribution in [0.3, 0.4) is 0 Å². The number of carboxylic acids is 1. The van der Waals surface area contributed by atoms with Gasteiger partial charge in [-0.25, -0.2) is 0 Å². The van der Waals surface area contributed by atoms with E-state index in [2.05, 4.69) is 43.4 Å². The zero-order chi connectivity index (χ0) is 18.8. The molecular weight excluding hydrogens is 314 g/mol. The molecule has 0 aromatic carbocycles. The zero-order valence-corrected chi connectivity index (χ0v) is 16.0. The van der Waals surface area contributed by atoms with Crippen LogP contribution in [0.5, 0.6) is 0 Å². The number of aliphatic carboxylic acids is 1. The molecule has 142 valence electrons. The number of rotatable bonds is 15. The highest BCUT2D eigenvalue weighted by molar-refractivity contribution is 5.80.